The smallest absolute Gasteiger partial charge is 0.162 e. The van der Waals surface area contributed by atoms with Gasteiger partial charge in [0.25, 0.3) is 0 Å². The van der Waals surface area contributed by atoms with Gasteiger partial charge in [-0.15, -0.1) is 0 Å². The van der Waals surface area contributed by atoms with E-state index in [9.17, 15) is 4.79 Å². The van der Waals surface area contributed by atoms with Gasteiger partial charge in [-0.25, -0.2) is 0 Å². The van der Waals surface area contributed by atoms with Crippen molar-refractivity contribution in [3.05, 3.63) is 34.9 Å². The molecule has 1 rings (SSSR count). The molecule has 0 heterocycles. The number of aliphatic hydroxyl groups excluding tert-OH is 1. The number of aliphatic hydroxyl groups is 1. The van der Waals surface area contributed by atoms with Crippen molar-refractivity contribution in [2.75, 3.05) is 6.61 Å². The quantitative estimate of drug-likeness (QED) is 0.820. The Morgan fingerprint density at radius 3 is 2.60 bits per heavy atom. The van der Waals surface area contributed by atoms with Crippen LogP contribution in [0.25, 0.3) is 0 Å². The Kier molecular flexibility index (Phi) is 4.04. The van der Waals surface area contributed by atoms with Gasteiger partial charge in [-0.05, 0) is 29.5 Å². The molecule has 0 aliphatic heterocycles. The summed E-state index contributed by atoms with van der Waals surface area (Å²) in [6, 6.07) is 6.19. The number of carbonyl (C=O) groups excluding carboxylic acids is 1. The van der Waals surface area contributed by atoms with Gasteiger partial charge in [-0.3, -0.25) is 4.79 Å². The number of ketones is 1. The van der Waals surface area contributed by atoms with E-state index in [4.69, 9.17) is 5.11 Å². The summed E-state index contributed by atoms with van der Waals surface area (Å²) in [7, 11) is 0. The number of Topliss-reactive ketones (excluding diaryl/α,β-unsaturated/α-hetero) is 1. The molecule has 0 aliphatic rings. The lowest BCUT2D eigenvalue weighted by molar-refractivity contribution is -0.121. The molecule has 0 saturated heterocycles. The van der Waals surface area contributed by atoms with Crippen molar-refractivity contribution in [2.45, 2.75) is 33.1 Å². The molecular weight excluding hydrogens is 188 g/mol. The standard InChI is InChI=1S/C13H18O2/c1-9(2)11-5-4-10(3)12(6-11)7-13(15)8-14/h4-6,9,14H,7-8H2,1-3H3. The highest BCUT2D eigenvalue weighted by Crippen LogP contribution is 2.19. The predicted molar refractivity (Wildman–Crippen MR) is 61.1 cm³/mol. The van der Waals surface area contributed by atoms with E-state index in [0.29, 0.717) is 12.3 Å². The monoisotopic (exact) mass is 206 g/mol. The van der Waals surface area contributed by atoms with Crippen molar-refractivity contribution < 1.29 is 9.90 Å². The van der Waals surface area contributed by atoms with Crippen molar-refractivity contribution in [2.24, 2.45) is 0 Å². The Morgan fingerprint density at radius 2 is 2.07 bits per heavy atom. The van der Waals surface area contributed by atoms with Crippen molar-refractivity contribution in [3.8, 4) is 0 Å². The third kappa shape index (κ3) is 3.17. The largest absolute Gasteiger partial charge is 0.389 e. The van der Waals surface area contributed by atoms with E-state index in [1.165, 1.54) is 5.56 Å². The van der Waals surface area contributed by atoms with Crippen LogP contribution in [0.3, 0.4) is 0 Å². The van der Waals surface area contributed by atoms with E-state index in [-0.39, 0.29) is 12.4 Å². The maximum absolute atomic E-state index is 11.2. The van der Waals surface area contributed by atoms with Crippen LogP contribution in [0, 0.1) is 6.92 Å². The van der Waals surface area contributed by atoms with Crippen molar-refractivity contribution in [1.82, 2.24) is 0 Å². The van der Waals surface area contributed by atoms with E-state index in [0.717, 1.165) is 11.1 Å². The SMILES string of the molecule is Cc1ccc(C(C)C)cc1CC(=O)CO. The number of rotatable bonds is 4. The Hall–Kier alpha value is -1.15. The maximum Gasteiger partial charge on any atom is 0.162 e. The molecule has 0 radical (unpaired) electrons. The van der Waals surface area contributed by atoms with Crippen LogP contribution in [0.2, 0.25) is 0 Å². The van der Waals surface area contributed by atoms with Gasteiger partial charge in [-0.1, -0.05) is 32.0 Å². The van der Waals surface area contributed by atoms with Crippen LogP contribution in [0.4, 0.5) is 0 Å². The van der Waals surface area contributed by atoms with Gasteiger partial charge in [0.1, 0.15) is 6.61 Å². The molecule has 82 valence electrons. The van der Waals surface area contributed by atoms with Gasteiger partial charge in [0, 0.05) is 6.42 Å². The Morgan fingerprint density at radius 1 is 1.40 bits per heavy atom. The first-order valence-corrected chi connectivity index (χ1v) is 5.26. The summed E-state index contributed by atoms with van der Waals surface area (Å²) in [6.07, 6.45) is 0.336. The lowest BCUT2D eigenvalue weighted by Gasteiger charge is -2.10. The van der Waals surface area contributed by atoms with E-state index in [1.807, 2.05) is 13.0 Å². The Labute approximate surface area is 90.9 Å². The highest BCUT2D eigenvalue weighted by molar-refractivity contribution is 5.82. The first-order chi connectivity index (χ1) is 7.04. The number of hydrogen-bond donors (Lipinski definition) is 1. The summed E-state index contributed by atoms with van der Waals surface area (Å²) in [5.41, 5.74) is 3.38. The van der Waals surface area contributed by atoms with Crippen LogP contribution in [0.5, 0.6) is 0 Å². The zero-order chi connectivity index (χ0) is 11.4. The highest BCUT2D eigenvalue weighted by Gasteiger charge is 2.07. The molecule has 0 unspecified atom stereocenters. The average Bonchev–Trinajstić information content (AvgIpc) is 2.20. The van der Waals surface area contributed by atoms with Crippen molar-refractivity contribution in [1.29, 1.82) is 0 Å². The number of aryl methyl sites for hydroxylation is 1. The van der Waals surface area contributed by atoms with Crippen LogP contribution in [0.1, 0.15) is 36.5 Å². The zero-order valence-corrected chi connectivity index (χ0v) is 9.58. The molecule has 0 spiro atoms. The molecule has 2 nitrogen and oxygen atoms in total. The molecule has 1 aromatic carbocycles. The van der Waals surface area contributed by atoms with E-state index in [1.54, 1.807) is 0 Å². The third-order valence-electron chi connectivity index (χ3n) is 2.60. The highest BCUT2D eigenvalue weighted by atomic mass is 16.3. The molecule has 0 aromatic heterocycles. The first-order valence-electron chi connectivity index (χ1n) is 5.26. The van der Waals surface area contributed by atoms with Crippen LogP contribution in [-0.4, -0.2) is 17.5 Å². The maximum atomic E-state index is 11.2. The molecule has 15 heavy (non-hydrogen) atoms. The third-order valence-corrected chi connectivity index (χ3v) is 2.60. The first kappa shape index (κ1) is 11.9. The minimum Gasteiger partial charge on any atom is -0.389 e. The van der Waals surface area contributed by atoms with Crippen molar-refractivity contribution >= 4 is 5.78 Å². The number of benzene rings is 1. The number of carbonyl (C=O) groups is 1. The molecular formula is C13H18O2. The lowest BCUT2D eigenvalue weighted by atomic mass is 9.95. The fourth-order valence-electron chi connectivity index (χ4n) is 1.51. The second-order valence-corrected chi connectivity index (χ2v) is 4.21. The molecule has 0 saturated carbocycles. The van der Waals surface area contributed by atoms with Gasteiger partial charge >= 0.3 is 0 Å². The summed E-state index contributed by atoms with van der Waals surface area (Å²) in [4.78, 5) is 11.2. The van der Waals surface area contributed by atoms with Crippen LogP contribution in [-0.2, 0) is 11.2 Å². The summed E-state index contributed by atoms with van der Waals surface area (Å²) in [5, 5.41) is 8.72. The second-order valence-electron chi connectivity index (χ2n) is 4.21. The second kappa shape index (κ2) is 5.08. The van der Waals surface area contributed by atoms with Gasteiger partial charge < -0.3 is 5.11 Å². The summed E-state index contributed by atoms with van der Waals surface area (Å²) in [6.45, 7) is 5.88. The van der Waals surface area contributed by atoms with Crippen molar-refractivity contribution in [3.63, 3.8) is 0 Å². The molecule has 1 N–H and O–H groups in total. The van der Waals surface area contributed by atoms with E-state index >= 15 is 0 Å². The molecule has 0 bridgehead atoms. The molecule has 2 heteroatoms. The Balaban J connectivity index is 2.95. The molecule has 0 fully saturated rings. The van der Waals surface area contributed by atoms with Gasteiger partial charge in [-0.2, -0.15) is 0 Å². The van der Waals surface area contributed by atoms with Crippen LogP contribution >= 0.6 is 0 Å². The fraction of sp³-hybridized carbons (Fsp3) is 0.462. The predicted octanol–water partition coefficient (Wildman–Crippen LogP) is 2.22. The molecule has 0 aliphatic carbocycles. The molecule has 1 aromatic rings. The molecule has 0 atom stereocenters. The fourth-order valence-corrected chi connectivity index (χ4v) is 1.51. The van der Waals surface area contributed by atoms with Crippen LogP contribution < -0.4 is 0 Å². The van der Waals surface area contributed by atoms with Gasteiger partial charge in [0.15, 0.2) is 5.78 Å². The van der Waals surface area contributed by atoms with Gasteiger partial charge in [0.05, 0.1) is 0 Å². The average molecular weight is 206 g/mol. The van der Waals surface area contributed by atoms with E-state index in [2.05, 4.69) is 26.0 Å². The summed E-state index contributed by atoms with van der Waals surface area (Å²) in [5.74, 6) is 0.340. The zero-order valence-electron chi connectivity index (χ0n) is 9.58. The van der Waals surface area contributed by atoms with Gasteiger partial charge in [0.2, 0.25) is 0 Å². The van der Waals surface area contributed by atoms with Crippen LogP contribution in [0.15, 0.2) is 18.2 Å². The summed E-state index contributed by atoms with van der Waals surface area (Å²) >= 11 is 0. The Bertz CT molecular complexity index is 354. The minimum atomic E-state index is -0.370. The lowest BCUT2D eigenvalue weighted by Crippen LogP contribution is -2.09. The topological polar surface area (TPSA) is 37.3 Å². The number of hydrogen-bond acceptors (Lipinski definition) is 2. The molecule has 0 amide bonds. The minimum absolute atomic E-state index is 0.126. The summed E-state index contributed by atoms with van der Waals surface area (Å²) < 4.78 is 0. The normalized spacial score (nSPS) is 10.7. The van der Waals surface area contributed by atoms with E-state index < -0.39 is 0 Å².